The number of rotatable bonds is 1. The van der Waals surface area contributed by atoms with Gasteiger partial charge in [0.15, 0.2) is 0 Å². The van der Waals surface area contributed by atoms with Crippen molar-refractivity contribution in [2.24, 2.45) is 5.92 Å². The van der Waals surface area contributed by atoms with Crippen LogP contribution in [-0.2, 0) is 9.59 Å². The van der Waals surface area contributed by atoms with Crippen molar-refractivity contribution in [1.82, 2.24) is 0 Å². The van der Waals surface area contributed by atoms with E-state index < -0.39 is 11.9 Å². The van der Waals surface area contributed by atoms with Gasteiger partial charge in [0.2, 0.25) is 0 Å². The molecular formula is C8H12O3. The van der Waals surface area contributed by atoms with Crippen LogP contribution >= 0.6 is 0 Å². The first-order valence-electron chi connectivity index (χ1n) is 3.94. The second-order valence-electron chi connectivity index (χ2n) is 3.02. The lowest BCUT2D eigenvalue weighted by Gasteiger charge is -2.05. The van der Waals surface area contributed by atoms with Gasteiger partial charge in [-0.1, -0.05) is 6.42 Å². The third kappa shape index (κ3) is 2.33. The highest BCUT2D eigenvalue weighted by atomic mass is 16.4. The number of carboxylic acids is 1. The molecule has 1 atom stereocenters. The van der Waals surface area contributed by atoms with Gasteiger partial charge in [-0.2, -0.15) is 0 Å². The van der Waals surface area contributed by atoms with E-state index in [1.54, 1.807) is 0 Å². The molecule has 0 heterocycles. The summed E-state index contributed by atoms with van der Waals surface area (Å²) in [7, 11) is 0. The zero-order chi connectivity index (χ0) is 8.27. The van der Waals surface area contributed by atoms with Crippen LogP contribution in [0.4, 0.5) is 0 Å². The summed E-state index contributed by atoms with van der Waals surface area (Å²) < 4.78 is 0. The lowest BCUT2D eigenvalue weighted by Crippen LogP contribution is -2.15. The molecule has 0 radical (unpaired) electrons. The number of carboxylic acid groups (broad SMARTS) is 1. The summed E-state index contributed by atoms with van der Waals surface area (Å²) >= 11 is 0. The second-order valence-corrected chi connectivity index (χ2v) is 3.02. The molecule has 0 aromatic rings. The lowest BCUT2D eigenvalue weighted by molar-refractivity contribution is -0.143. The van der Waals surface area contributed by atoms with Crippen molar-refractivity contribution in [2.45, 2.75) is 32.1 Å². The van der Waals surface area contributed by atoms with Crippen LogP contribution in [-0.4, -0.2) is 16.9 Å². The van der Waals surface area contributed by atoms with Gasteiger partial charge in [0.25, 0.3) is 0 Å². The van der Waals surface area contributed by atoms with Gasteiger partial charge in [-0.3, -0.25) is 9.59 Å². The Morgan fingerprint density at radius 3 is 2.82 bits per heavy atom. The third-order valence-electron chi connectivity index (χ3n) is 2.08. The van der Waals surface area contributed by atoms with Crippen LogP contribution in [0.3, 0.4) is 0 Å². The highest BCUT2D eigenvalue weighted by molar-refractivity contribution is 5.84. The van der Waals surface area contributed by atoms with Crippen molar-refractivity contribution in [3.8, 4) is 0 Å². The van der Waals surface area contributed by atoms with Gasteiger partial charge in [-0.15, -0.1) is 0 Å². The number of carbonyl (C=O) groups excluding carboxylic acids is 1. The lowest BCUT2D eigenvalue weighted by atomic mass is 10.0. The number of hydrogen-bond acceptors (Lipinski definition) is 2. The summed E-state index contributed by atoms with van der Waals surface area (Å²) in [6, 6.07) is 0. The standard InChI is InChI=1S/C8H12O3/c9-7-4-2-1-3-6(5-7)8(10)11/h6H,1-5H2,(H,10,11). The molecule has 0 aliphatic heterocycles. The van der Waals surface area contributed by atoms with Gasteiger partial charge < -0.3 is 5.11 Å². The molecule has 0 bridgehead atoms. The molecule has 0 amide bonds. The van der Waals surface area contributed by atoms with Crippen LogP contribution in [0, 0.1) is 5.92 Å². The van der Waals surface area contributed by atoms with E-state index in [-0.39, 0.29) is 12.2 Å². The summed E-state index contributed by atoms with van der Waals surface area (Å²) in [6.07, 6.45) is 3.23. The van der Waals surface area contributed by atoms with E-state index in [2.05, 4.69) is 0 Å². The highest BCUT2D eigenvalue weighted by Crippen LogP contribution is 2.20. The fourth-order valence-corrected chi connectivity index (χ4v) is 1.40. The van der Waals surface area contributed by atoms with Crippen molar-refractivity contribution in [3.05, 3.63) is 0 Å². The Labute approximate surface area is 65.4 Å². The molecule has 1 rings (SSSR count). The number of ketones is 1. The van der Waals surface area contributed by atoms with Gasteiger partial charge in [0, 0.05) is 12.8 Å². The molecule has 1 aliphatic rings. The SMILES string of the molecule is O=C1CCCCC(C(=O)O)C1. The van der Waals surface area contributed by atoms with E-state index in [1.165, 1.54) is 0 Å². The summed E-state index contributed by atoms with van der Waals surface area (Å²) in [5.41, 5.74) is 0. The molecule has 62 valence electrons. The Morgan fingerprint density at radius 1 is 1.45 bits per heavy atom. The Bertz CT molecular complexity index is 174. The first kappa shape index (κ1) is 8.24. The molecule has 0 spiro atoms. The van der Waals surface area contributed by atoms with Crippen LogP contribution < -0.4 is 0 Å². The Balaban J connectivity index is 2.52. The molecule has 3 heteroatoms. The quantitative estimate of drug-likeness (QED) is 0.581. The maximum absolute atomic E-state index is 10.9. The van der Waals surface area contributed by atoms with Gasteiger partial charge in [-0.25, -0.2) is 0 Å². The minimum Gasteiger partial charge on any atom is -0.481 e. The van der Waals surface area contributed by atoms with Gasteiger partial charge in [0.05, 0.1) is 5.92 Å². The van der Waals surface area contributed by atoms with E-state index in [0.717, 1.165) is 12.8 Å². The monoisotopic (exact) mass is 156 g/mol. The van der Waals surface area contributed by atoms with E-state index in [9.17, 15) is 9.59 Å². The first-order valence-corrected chi connectivity index (χ1v) is 3.94. The fourth-order valence-electron chi connectivity index (χ4n) is 1.40. The number of aliphatic carboxylic acids is 1. The largest absolute Gasteiger partial charge is 0.481 e. The average Bonchev–Trinajstić information content (AvgIpc) is 2.13. The van der Waals surface area contributed by atoms with Crippen molar-refractivity contribution in [3.63, 3.8) is 0 Å². The molecule has 0 saturated heterocycles. The smallest absolute Gasteiger partial charge is 0.306 e. The van der Waals surface area contributed by atoms with Crippen LogP contribution in [0.25, 0.3) is 0 Å². The predicted molar refractivity (Wildman–Crippen MR) is 39.2 cm³/mol. The van der Waals surface area contributed by atoms with Gasteiger partial charge >= 0.3 is 5.97 Å². The summed E-state index contributed by atoms with van der Waals surface area (Å²) in [6.45, 7) is 0. The molecule has 0 aromatic heterocycles. The minimum absolute atomic E-state index is 0.106. The molecule has 1 aliphatic carbocycles. The average molecular weight is 156 g/mol. The summed E-state index contributed by atoms with van der Waals surface area (Å²) in [5.74, 6) is -1.12. The molecular weight excluding hydrogens is 144 g/mol. The molecule has 11 heavy (non-hydrogen) atoms. The van der Waals surface area contributed by atoms with Crippen molar-refractivity contribution in [2.75, 3.05) is 0 Å². The normalized spacial score (nSPS) is 26.2. The van der Waals surface area contributed by atoms with Crippen LogP contribution in [0.2, 0.25) is 0 Å². The predicted octanol–water partition coefficient (Wildman–Crippen LogP) is 1.22. The van der Waals surface area contributed by atoms with E-state index >= 15 is 0 Å². The fraction of sp³-hybridized carbons (Fsp3) is 0.750. The van der Waals surface area contributed by atoms with Crippen molar-refractivity contribution >= 4 is 11.8 Å². The van der Waals surface area contributed by atoms with E-state index in [4.69, 9.17) is 5.11 Å². The minimum atomic E-state index is -0.819. The number of carbonyl (C=O) groups is 2. The second kappa shape index (κ2) is 3.51. The molecule has 1 saturated carbocycles. The highest BCUT2D eigenvalue weighted by Gasteiger charge is 2.22. The number of Topliss-reactive ketones (excluding diaryl/α,β-unsaturated/α-hetero) is 1. The topological polar surface area (TPSA) is 54.4 Å². The van der Waals surface area contributed by atoms with Crippen LogP contribution in [0.15, 0.2) is 0 Å². The van der Waals surface area contributed by atoms with Crippen LogP contribution in [0.5, 0.6) is 0 Å². The zero-order valence-corrected chi connectivity index (χ0v) is 6.38. The molecule has 0 aromatic carbocycles. The molecule has 1 fully saturated rings. The third-order valence-corrected chi connectivity index (χ3v) is 2.08. The zero-order valence-electron chi connectivity index (χ0n) is 6.38. The molecule has 3 nitrogen and oxygen atoms in total. The van der Waals surface area contributed by atoms with Crippen LogP contribution in [0.1, 0.15) is 32.1 Å². The summed E-state index contributed by atoms with van der Waals surface area (Å²) in [5, 5.41) is 8.63. The molecule has 1 unspecified atom stereocenters. The maximum Gasteiger partial charge on any atom is 0.306 e. The first-order chi connectivity index (χ1) is 5.20. The maximum atomic E-state index is 10.9. The Morgan fingerprint density at radius 2 is 2.18 bits per heavy atom. The summed E-state index contributed by atoms with van der Waals surface area (Å²) in [4.78, 5) is 21.4. The number of hydrogen-bond donors (Lipinski definition) is 1. The van der Waals surface area contributed by atoms with E-state index in [1.807, 2.05) is 0 Å². The molecule has 1 N–H and O–H groups in total. The van der Waals surface area contributed by atoms with Crippen molar-refractivity contribution in [1.29, 1.82) is 0 Å². The van der Waals surface area contributed by atoms with Gasteiger partial charge in [-0.05, 0) is 12.8 Å². The Hall–Kier alpha value is -0.860. The van der Waals surface area contributed by atoms with Gasteiger partial charge in [0.1, 0.15) is 5.78 Å². The Kier molecular flexibility index (Phi) is 2.63. The van der Waals surface area contributed by atoms with E-state index in [0.29, 0.717) is 12.8 Å². The van der Waals surface area contributed by atoms with Crippen molar-refractivity contribution < 1.29 is 14.7 Å².